The molecule has 0 unspecified atom stereocenters. The van der Waals surface area contributed by atoms with Crippen molar-refractivity contribution >= 4 is 21.6 Å². The summed E-state index contributed by atoms with van der Waals surface area (Å²) in [5.74, 6) is -0.358. The number of amides is 1. The van der Waals surface area contributed by atoms with Crippen LogP contribution in [0.2, 0.25) is 0 Å². The van der Waals surface area contributed by atoms with Crippen molar-refractivity contribution in [3.63, 3.8) is 0 Å². The number of anilines is 1. The molecule has 5 nitrogen and oxygen atoms in total. The lowest BCUT2D eigenvalue weighted by Crippen LogP contribution is -2.29. The molecule has 0 aromatic heterocycles. The Kier molecular flexibility index (Phi) is 6.56. The SMILES string of the molecule is Cc1ccc(C(=O)NC(c2ccccc2)c2ccccc2)cc1S(=O)(=O)Nc1ccccc1. The van der Waals surface area contributed by atoms with E-state index in [9.17, 15) is 13.2 Å². The highest BCUT2D eigenvalue weighted by molar-refractivity contribution is 7.92. The first-order valence-electron chi connectivity index (χ1n) is 10.5. The molecule has 33 heavy (non-hydrogen) atoms. The summed E-state index contributed by atoms with van der Waals surface area (Å²) in [6.45, 7) is 1.71. The van der Waals surface area contributed by atoms with Crippen LogP contribution >= 0.6 is 0 Å². The molecule has 166 valence electrons. The summed E-state index contributed by atoms with van der Waals surface area (Å²) in [5.41, 5.74) is 3.15. The molecule has 2 N–H and O–H groups in total. The van der Waals surface area contributed by atoms with Crippen molar-refractivity contribution in [1.29, 1.82) is 0 Å². The molecule has 0 radical (unpaired) electrons. The molecule has 0 heterocycles. The quantitative estimate of drug-likeness (QED) is 0.395. The van der Waals surface area contributed by atoms with E-state index < -0.39 is 10.0 Å². The maximum Gasteiger partial charge on any atom is 0.262 e. The minimum atomic E-state index is -3.86. The summed E-state index contributed by atoms with van der Waals surface area (Å²) in [7, 11) is -3.86. The van der Waals surface area contributed by atoms with Crippen molar-refractivity contribution in [1.82, 2.24) is 5.32 Å². The van der Waals surface area contributed by atoms with Gasteiger partial charge < -0.3 is 5.32 Å². The molecule has 0 bridgehead atoms. The van der Waals surface area contributed by atoms with Crippen LogP contribution in [0.25, 0.3) is 0 Å². The van der Waals surface area contributed by atoms with Gasteiger partial charge in [-0.3, -0.25) is 9.52 Å². The number of hydrogen-bond acceptors (Lipinski definition) is 3. The van der Waals surface area contributed by atoms with Crippen LogP contribution in [0.4, 0.5) is 5.69 Å². The van der Waals surface area contributed by atoms with Gasteiger partial charge in [0, 0.05) is 11.3 Å². The molecule has 0 saturated heterocycles. The second-order valence-electron chi connectivity index (χ2n) is 7.68. The fourth-order valence-electron chi connectivity index (χ4n) is 3.61. The van der Waals surface area contributed by atoms with Crippen LogP contribution in [0.3, 0.4) is 0 Å². The summed E-state index contributed by atoms with van der Waals surface area (Å²) >= 11 is 0. The lowest BCUT2D eigenvalue weighted by atomic mass is 9.98. The third-order valence-corrected chi connectivity index (χ3v) is 6.83. The molecule has 0 aliphatic carbocycles. The monoisotopic (exact) mass is 456 g/mol. The van der Waals surface area contributed by atoms with E-state index in [2.05, 4.69) is 10.0 Å². The molecule has 1 amide bonds. The van der Waals surface area contributed by atoms with Gasteiger partial charge in [-0.05, 0) is 47.9 Å². The van der Waals surface area contributed by atoms with Crippen LogP contribution in [0.5, 0.6) is 0 Å². The molecule has 4 rings (SSSR count). The molecule has 0 aliphatic rings. The van der Waals surface area contributed by atoms with Crippen molar-refractivity contribution in [2.75, 3.05) is 4.72 Å². The van der Waals surface area contributed by atoms with E-state index in [-0.39, 0.29) is 22.4 Å². The summed E-state index contributed by atoms with van der Waals surface area (Å²) in [5, 5.41) is 3.06. The lowest BCUT2D eigenvalue weighted by Gasteiger charge is -2.20. The van der Waals surface area contributed by atoms with E-state index >= 15 is 0 Å². The summed E-state index contributed by atoms with van der Waals surface area (Å²) < 4.78 is 28.6. The summed E-state index contributed by atoms with van der Waals surface area (Å²) in [6, 6.07) is 32.3. The number of sulfonamides is 1. The van der Waals surface area contributed by atoms with Crippen LogP contribution in [0.1, 0.15) is 33.1 Å². The zero-order valence-corrected chi connectivity index (χ0v) is 18.9. The largest absolute Gasteiger partial charge is 0.341 e. The lowest BCUT2D eigenvalue weighted by molar-refractivity contribution is 0.0942. The molecule has 0 spiro atoms. The second kappa shape index (κ2) is 9.71. The average molecular weight is 457 g/mol. The molecule has 0 fully saturated rings. The van der Waals surface area contributed by atoms with Gasteiger partial charge >= 0.3 is 0 Å². The number of benzene rings is 4. The van der Waals surface area contributed by atoms with Crippen molar-refractivity contribution in [3.8, 4) is 0 Å². The molecule has 4 aromatic carbocycles. The summed E-state index contributed by atoms with van der Waals surface area (Å²) in [6.07, 6.45) is 0. The summed E-state index contributed by atoms with van der Waals surface area (Å²) in [4.78, 5) is 13.3. The number of para-hydroxylation sites is 1. The highest BCUT2D eigenvalue weighted by Crippen LogP contribution is 2.24. The predicted molar refractivity (Wildman–Crippen MR) is 131 cm³/mol. The van der Waals surface area contributed by atoms with Crippen LogP contribution in [-0.4, -0.2) is 14.3 Å². The molecule has 4 aromatic rings. The first-order chi connectivity index (χ1) is 15.9. The van der Waals surface area contributed by atoms with Gasteiger partial charge in [0.25, 0.3) is 15.9 Å². The molecule has 0 aliphatic heterocycles. The normalized spacial score (nSPS) is 11.2. The maximum atomic E-state index is 13.2. The van der Waals surface area contributed by atoms with Gasteiger partial charge in [-0.25, -0.2) is 8.42 Å². The van der Waals surface area contributed by atoms with Crippen LogP contribution < -0.4 is 10.0 Å². The number of nitrogens with one attached hydrogen (secondary N) is 2. The average Bonchev–Trinajstić information content (AvgIpc) is 2.84. The third-order valence-electron chi connectivity index (χ3n) is 5.31. The molecular weight excluding hydrogens is 432 g/mol. The maximum absolute atomic E-state index is 13.2. The van der Waals surface area contributed by atoms with Gasteiger partial charge in [0.15, 0.2) is 0 Å². The molecule has 6 heteroatoms. The minimum Gasteiger partial charge on any atom is -0.341 e. The predicted octanol–water partition coefficient (Wildman–Crippen LogP) is 5.32. The first kappa shape index (κ1) is 22.3. The Morgan fingerprint density at radius 2 is 1.24 bits per heavy atom. The Labute approximate surface area is 194 Å². The van der Waals surface area contributed by atoms with Gasteiger partial charge in [-0.1, -0.05) is 84.9 Å². The van der Waals surface area contributed by atoms with Crippen molar-refractivity contribution < 1.29 is 13.2 Å². The number of rotatable bonds is 7. The van der Waals surface area contributed by atoms with E-state index in [1.807, 2.05) is 66.7 Å². The second-order valence-corrected chi connectivity index (χ2v) is 9.33. The minimum absolute atomic E-state index is 0.0648. The fourth-order valence-corrected chi connectivity index (χ4v) is 4.94. The van der Waals surface area contributed by atoms with Crippen LogP contribution in [0.15, 0.2) is 114 Å². The van der Waals surface area contributed by atoms with E-state index in [0.29, 0.717) is 11.3 Å². The topological polar surface area (TPSA) is 75.3 Å². The Balaban J connectivity index is 1.64. The van der Waals surface area contributed by atoms with E-state index in [1.54, 1.807) is 43.3 Å². The Bertz CT molecular complexity index is 1300. The molecule has 0 saturated carbocycles. The van der Waals surface area contributed by atoms with Gasteiger partial charge in [0.05, 0.1) is 10.9 Å². The highest BCUT2D eigenvalue weighted by atomic mass is 32.2. The fraction of sp³-hybridized carbons (Fsp3) is 0.0741. The standard InChI is InChI=1S/C27H24N2O3S/c1-20-17-18-23(19-25(20)33(31,32)29-24-15-9-4-10-16-24)27(30)28-26(21-11-5-2-6-12-21)22-13-7-3-8-14-22/h2-19,26,29H,1H3,(H,28,30). The van der Waals surface area contributed by atoms with Gasteiger partial charge in [0.1, 0.15) is 0 Å². The number of hydrogen-bond donors (Lipinski definition) is 2. The van der Waals surface area contributed by atoms with E-state index in [0.717, 1.165) is 11.1 Å². The van der Waals surface area contributed by atoms with Gasteiger partial charge in [-0.2, -0.15) is 0 Å². The Morgan fingerprint density at radius 3 is 1.79 bits per heavy atom. The van der Waals surface area contributed by atoms with Gasteiger partial charge in [-0.15, -0.1) is 0 Å². The van der Waals surface area contributed by atoms with E-state index in [4.69, 9.17) is 0 Å². The van der Waals surface area contributed by atoms with Crippen LogP contribution in [-0.2, 0) is 10.0 Å². The van der Waals surface area contributed by atoms with Crippen LogP contribution in [0, 0.1) is 6.92 Å². The van der Waals surface area contributed by atoms with E-state index in [1.165, 1.54) is 6.07 Å². The zero-order valence-electron chi connectivity index (χ0n) is 18.1. The van der Waals surface area contributed by atoms with Gasteiger partial charge in [0.2, 0.25) is 0 Å². The first-order valence-corrected chi connectivity index (χ1v) is 12.0. The van der Waals surface area contributed by atoms with Crippen molar-refractivity contribution in [2.45, 2.75) is 17.9 Å². The smallest absolute Gasteiger partial charge is 0.262 e. The number of carbonyl (C=O) groups excluding carboxylic acids is 1. The zero-order chi connectivity index (χ0) is 23.3. The molecular formula is C27H24N2O3S. The number of carbonyl (C=O) groups is 1. The molecule has 0 atom stereocenters. The Hall–Kier alpha value is -3.90. The Morgan fingerprint density at radius 1 is 0.727 bits per heavy atom. The third kappa shape index (κ3) is 5.30. The number of aryl methyl sites for hydroxylation is 1. The van der Waals surface area contributed by atoms with Crippen molar-refractivity contribution in [3.05, 3.63) is 131 Å². The highest BCUT2D eigenvalue weighted by Gasteiger charge is 2.22. The van der Waals surface area contributed by atoms with Crippen molar-refractivity contribution in [2.24, 2.45) is 0 Å².